The number of rotatable bonds is 7. The van der Waals surface area contributed by atoms with E-state index in [1.807, 2.05) is 78.9 Å². The smallest absolute Gasteiger partial charge is 0.164 e. The van der Waals surface area contributed by atoms with E-state index in [0.29, 0.717) is 23.0 Å². The lowest BCUT2D eigenvalue weighted by molar-refractivity contribution is 1.07. The van der Waals surface area contributed by atoms with Crippen molar-refractivity contribution >= 4 is 10.8 Å². The quantitative estimate of drug-likeness (QED) is 0.162. The molecule has 0 saturated carbocycles. The van der Waals surface area contributed by atoms with Gasteiger partial charge >= 0.3 is 0 Å². The summed E-state index contributed by atoms with van der Waals surface area (Å²) in [6, 6.07) is 73.8. The largest absolute Gasteiger partial charge is 0.208 e. The molecule has 0 bridgehead atoms. The van der Waals surface area contributed by atoms with Crippen LogP contribution in [0.3, 0.4) is 0 Å². The maximum Gasteiger partial charge on any atom is 0.164 e. The summed E-state index contributed by atoms with van der Waals surface area (Å²) in [5.74, 6) is 1.68. The molecule has 278 valence electrons. The fraction of sp³-hybridized carbons (Fsp3) is 0. The predicted molar refractivity (Wildman–Crippen MR) is 245 cm³/mol. The van der Waals surface area contributed by atoms with Gasteiger partial charge in [-0.05, 0) is 84.1 Å². The fourth-order valence-corrected chi connectivity index (χ4v) is 8.79. The van der Waals surface area contributed by atoms with Crippen LogP contribution in [0.1, 0.15) is 5.56 Å². The van der Waals surface area contributed by atoms with Crippen LogP contribution in [0.4, 0.5) is 0 Å². The maximum absolute atomic E-state index is 10.7. The molecule has 0 radical (unpaired) electrons. The van der Waals surface area contributed by atoms with Crippen LogP contribution in [0.2, 0.25) is 0 Å². The van der Waals surface area contributed by atoms with Gasteiger partial charge in [0.05, 0.1) is 11.6 Å². The average Bonchev–Trinajstić information content (AvgIpc) is 3.67. The van der Waals surface area contributed by atoms with Crippen molar-refractivity contribution in [3.8, 4) is 107 Å². The number of nitriles is 1. The molecular weight excluding hydrogens is 729 g/mol. The second kappa shape index (κ2) is 14.6. The van der Waals surface area contributed by atoms with Crippen LogP contribution in [-0.4, -0.2) is 15.0 Å². The molecule has 10 aromatic rings. The van der Waals surface area contributed by atoms with Crippen molar-refractivity contribution in [1.29, 1.82) is 5.26 Å². The highest BCUT2D eigenvalue weighted by molar-refractivity contribution is 6.18. The molecule has 60 heavy (non-hydrogen) atoms. The number of nitrogens with zero attached hydrogens (tertiary/aromatic N) is 4. The van der Waals surface area contributed by atoms with E-state index in [9.17, 15) is 5.26 Å². The zero-order chi connectivity index (χ0) is 40.0. The Morgan fingerprint density at radius 3 is 1.45 bits per heavy atom. The molecule has 0 amide bonds. The standard InChI is InChI=1S/C56H34N4/c57-35-43-22-12-25-44(41-20-9-21-42(34-41)45-26-13-28-47-46-27-10-18-38-19-11-29-50(51(38)46)53(45)47)52(43)48-23-7-8-24-49(48)56-59-54(39-16-5-2-6-17-39)58-55(60-56)40-32-30-37(31-33-40)36-14-3-1-4-15-36/h1-34H. The highest BCUT2D eigenvalue weighted by atomic mass is 15.0. The van der Waals surface area contributed by atoms with Crippen LogP contribution in [-0.2, 0) is 0 Å². The first-order valence-corrected chi connectivity index (χ1v) is 20.1. The first kappa shape index (κ1) is 34.9. The molecule has 1 aliphatic carbocycles. The summed E-state index contributed by atoms with van der Waals surface area (Å²) in [5.41, 5.74) is 16.4. The summed E-state index contributed by atoms with van der Waals surface area (Å²) in [7, 11) is 0. The minimum atomic E-state index is 0.530. The van der Waals surface area contributed by atoms with Crippen molar-refractivity contribution in [2.45, 2.75) is 0 Å². The van der Waals surface area contributed by atoms with Gasteiger partial charge in [-0.3, -0.25) is 0 Å². The molecule has 0 saturated heterocycles. The predicted octanol–water partition coefficient (Wildman–Crippen LogP) is 14.2. The first-order chi connectivity index (χ1) is 29.7. The molecule has 1 aromatic heterocycles. The molecule has 4 nitrogen and oxygen atoms in total. The first-order valence-electron chi connectivity index (χ1n) is 20.1. The van der Waals surface area contributed by atoms with E-state index in [4.69, 9.17) is 15.0 Å². The number of hydrogen-bond acceptors (Lipinski definition) is 4. The lowest BCUT2D eigenvalue weighted by Gasteiger charge is -2.17. The van der Waals surface area contributed by atoms with Gasteiger partial charge in [-0.25, -0.2) is 15.0 Å². The van der Waals surface area contributed by atoms with Gasteiger partial charge in [-0.2, -0.15) is 5.26 Å². The van der Waals surface area contributed by atoms with Crippen molar-refractivity contribution in [1.82, 2.24) is 15.0 Å². The van der Waals surface area contributed by atoms with E-state index < -0.39 is 0 Å². The molecule has 0 N–H and O–H groups in total. The summed E-state index contributed by atoms with van der Waals surface area (Å²) >= 11 is 0. The van der Waals surface area contributed by atoms with E-state index >= 15 is 0 Å². The number of aromatic nitrogens is 3. The molecule has 1 aliphatic rings. The summed E-state index contributed by atoms with van der Waals surface area (Å²) in [6.45, 7) is 0. The molecule has 9 aromatic carbocycles. The van der Waals surface area contributed by atoms with Crippen LogP contribution in [0.5, 0.6) is 0 Å². The molecule has 0 spiro atoms. The Labute approximate surface area is 348 Å². The Hall–Kier alpha value is -8.26. The molecule has 4 heteroatoms. The SMILES string of the molecule is N#Cc1cccc(-c2cccc(-c3cccc4c3-c3cccc5cccc-4c35)c2)c1-c1ccccc1-c1nc(-c2ccccc2)nc(-c2ccc(-c3ccccc3)cc2)n1. The van der Waals surface area contributed by atoms with Crippen molar-refractivity contribution < 1.29 is 0 Å². The third kappa shape index (κ3) is 5.97. The van der Waals surface area contributed by atoms with E-state index in [1.165, 1.54) is 38.6 Å². The molecule has 0 aliphatic heterocycles. The lowest BCUT2D eigenvalue weighted by atomic mass is 9.86. The number of benzene rings is 9. The Kier molecular flexibility index (Phi) is 8.50. The minimum absolute atomic E-state index is 0.530. The van der Waals surface area contributed by atoms with Gasteiger partial charge in [0, 0.05) is 22.3 Å². The Morgan fingerprint density at radius 2 is 0.750 bits per heavy atom. The van der Waals surface area contributed by atoms with Gasteiger partial charge in [0.1, 0.15) is 0 Å². The van der Waals surface area contributed by atoms with Crippen LogP contribution in [0.15, 0.2) is 206 Å². The number of fused-ring (bicyclic) bond motifs is 3. The van der Waals surface area contributed by atoms with Gasteiger partial charge in [-0.15, -0.1) is 0 Å². The van der Waals surface area contributed by atoms with Crippen molar-refractivity contribution in [3.63, 3.8) is 0 Å². The van der Waals surface area contributed by atoms with Crippen molar-refractivity contribution in [3.05, 3.63) is 212 Å². The maximum atomic E-state index is 10.7. The highest BCUT2D eigenvalue weighted by Crippen LogP contribution is 2.51. The van der Waals surface area contributed by atoms with E-state index in [0.717, 1.165) is 55.6 Å². The zero-order valence-electron chi connectivity index (χ0n) is 32.4. The molecule has 11 rings (SSSR count). The molecule has 0 unspecified atom stereocenters. The monoisotopic (exact) mass is 762 g/mol. The summed E-state index contributed by atoms with van der Waals surface area (Å²) in [4.78, 5) is 15.3. The molecular formula is C56H34N4. The van der Waals surface area contributed by atoms with Gasteiger partial charge in [-0.1, -0.05) is 194 Å². The molecule has 0 atom stereocenters. The van der Waals surface area contributed by atoms with Gasteiger partial charge in [0.15, 0.2) is 17.5 Å². The van der Waals surface area contributed by atoms with Crippen molar-refractivity contribution in [2.24, 2.45) is 0 Å². The van der Waals surface area contributed by atoms with Gasteiger partial charge < -0.3 is 0 Å². The van der Waals surface area contributed by atoms with E-state index in [1.54, 1.807) is 0 Å². The molecule has 1 heterocycles. The zero-order valence-corrected chi connectivity index (χ0v) is 32.4. The summed E-state index contributed by atoms with van der Waals surface area (Å²) in [6.07, 6.45) is 0. The van der Waals surface area contributed by atoms with E-state index in [2.05, 4.69) is 133 Å². The summed E-state index contributed by atoms with van der Waals surface area (Å²) in [5, 5.41) is 13.3. The topological polar surface area (TPSA) is 62.5 Å². The van der Waals surface area contributed by atoms with Crippen LogP contribution in [0.25, 0.3) is 112 Å². The highest BCUT2D eigenvalue weighted by Gasteiger charge is 2.25. The van der Waals surface area contributed by atoms with E-state index in [-0.39, 0.29) is 0 Å². The minimum Gasteiger partial charge on any atom is -0.208 e. The average molecular weight is 763 g/mol. The third-order valence-corrected chi connectivity index (χ3v) is 11.6. The normalized spacial score (nSPS) is 11.3. The Morgan fingerprint density at radius 1 is 0.300 bits per heavy atom. The van der Waals surface area contributed by atoms with Gasteiger partial charge in [0.25, 0.3) is 0 Å². The second-order valence-corrected chi connectivity index (χ2v) is 15.0. The fourth-order valence-electron chi connectivity index (χ4n) is 8.79. The van der Waals surface area contributed by atoms with Gasteiger partial charge in [0.2, 0.25) is 0 Å². The third-order valence-electron chi connectivity index (χ3n) is 11.6. The number of hydrogen-bond donors (Lipinski definition) is 0. The second-order valence-electron chi connectivity index (χ2n) is 15.0. The summed E-state index contributed by atoms with van der Waals surface area (Å²) < 4.78 is 0. The van der Waals surface area contributed by atoms with Crippen LogP contribution >= 0.6 is 0 Å². The Bertz CT molecular complexity index is 3300. The van der Waals surface area contributed by atoms with Crippen LogP contribution in [0, 0.1) is 11.3 Å². The molecule has 0 fully saturated rings. The lowest BCUT2D eigenvalue weighted by Crippen LogP contribution is -2.02. The van der Waals surface area contributed by atoms with Crippen molar-refractivity contribution in [2.75, 3.05) is 0 Å². The Balaban J connectivity index is 1.06. The van der Waals surface area contributed by atoms with Crippen LogP contribution < -0.4 is 0 Å².